The van der Waals surface area contributed by atoms with Gasteiger partial charge in [0.15, 0.2) is 0 Å². The van der Waals surface area contributed by atoms with Crippen LogP contribution in [0.3, 0.4) is 0 Å². The number of carbonyl (C=O) groups excluding carboxylic acids is 2. The first-order valence-electron chi connectivity index (χ1n) is 9.10. The molecule has 1 heterocycles. The van der Waals surface area contributed by atoms with Crippen molar-refractivity contribution in [2.45, 2.75) is 58.4 Å². The molecular formula is C20H32N2O2. The highest BCUT2D eigenvalue weighted by Crippen LogP contribution is 2.13. The zero-order valence-electron chi connectivity index (χ0n) is 15.2. The first-order valence-corrected chi connectivity index (χ1v) is 9.10. The fourth-order valence-corrected chi connectivity index (χ4v) is 2.99. The minimum atomic E-state index is -0.255. The van der Waals surface area contributed by atoms with Gasteiger partial charge < -0.3 is 4.90 Å². The number of hydrogen-bond donors (Lipinski definition) is 1. The van der Waals surface area contributed by atoms with Crippen LogP contribution < -0.4 is 5.32 Å². The number of allylic oxidation sites excluding steroid dienone is 5. The topological polar surface area (TPSA) is 49.4 Å². The Hall–Kier alpha value is -1.68. The Bertz CT molecular complexity index is 474. The molecule has 0 aromatic rings. The lowest BCUT2D eigenvalue weighted by Gasteiger charge is -2.20. The predicted molar refractivity (Wildman–Crippen MR) is 99.8 cm³/mol. The first-order chi connectivity index (χ1) is 11.6. The number of amides is 1. The van der Waals surface area contributed by atoms with Crippen LogP contribution in [0.2, 0.25) is 0 Å². The van der Waals surface area contributed by atoms with E-state index in [4.69, 9.17) is 0 Å². The van der Waals surface area contributed by atoms with Gasteiger partial charge in [0, 0.05) is 19.5 Å². The van der Waals surface area contributed by atoms with Crippen molar-refractivity contribution >= 4 is 11.7 Å². The third-order valence-electron chi connectivity index (χ3n) is 4.28. The van der Waals surface area contributed by atoms with Gasteiger partial charge in [0.1, 0.15) is 5.78 Å². The molecule has 1 amide bonds. The van der Waals surface area contributed by atoms with Crippen LogP contribution in [0.25, 0.3) is 0 Å². The summed E-state index contributed by atoms with van der Waals surface area (Å²) < 4.78 is 0. The summed E-state index contributed by atoms with van der Waals surface area (Å²) in [6, 6.07) is -0.255. The monoisotopic (exact) mass is 332 g/mol. The summed E-state index contributed by atoms with van der Waals surface area (Å²) in [5.74, 6) is 0.308. The van der Waals surface area contributed by atoms with E-state index in [-0.39, 0.29) is 24.3 Å². The molecule has 0 saturated carbocycles. The van der Waals surface area contributed by atoms with E-state index in [9.17, 15) is 9.59 Å². The van der Waals surface area contributed by atoms with Crippen molar-refractivity contribution in [1.82, 2.24) is 10.2 Å². The van der Waals surface area contributed by atoms with Crippen LogP contribution in [0.15, 0.2) is 36.5 Å². The van der Waals surface area contributed by atoms with Crippen LogP contribution in [0, 0.1) is 0 Å². The molecular weight excluding hydrogens is 300 g/mol. The summed E-state index contributed by atoms with van der Waals surface area (Å²) >= 11 is 0. The molecule has 0 aliphatic carbocycles. The highest BCUT2D eigenvalue weighted by molar-refractivity contribution is 5.85. The molecule has 1 atom stereocenters. The summed E-state index contributed by atoms with van der Waals surface area (Å²) in [7, 11) is 0. The molecule has 0 bridgehead atoms. The number of rotatable bonds is 11. The lowest BCUT2D eigenvalue weighted by atomic mass is 9.99. The van der Waals surface area contributed by atoms with E-state index in [0.29, 0.717) is 12.8 Å². The average molecular weight is 332 g/mol. The standard InChI is InChI=1S/C20H32N2O2/c1-4-9-17(10-5-2)12-13-18(19(23)11-6-3)21-16-20(24)22-14-7-8-15-22/h4-5,9-10,18,21H,1,6-8,11-16H2,2-3H3/b10-5-,17-9+. The molecule has 1 aliphatic rings. The van der Waals surface area contributed by atoms with Crippen molar-refractivity contribution in [2.75, 3.05) is 19.6 Å². The van der Waals surface area contributed by atoms with E-state index in [2.05, 4.69) is 11.9 Å². The van der Waals surface area contributed by atoms with E-state index in [1.165, 1.54) is 0 Å². The Morgan fingerprint density at radius 1 is 1.25 bits per heavy atom. The Balaban J connectivity index is 2.59. The Kier molecular flexibility index (Phi) is 10.0. The van der Waals surface area contributed by atoms with Crippen LogP contribution in [0.5, 0.6) is 0 Å². The lowest BCUT2D eigenvalue weighted by molar-refractivity contribution is -0.129. The number of nitrogens with zero attached hydrogens (tertiary/aromatic N) is 1. The van der Waals surface area contributed by atoms with Crippen LogP contribution >= 0.6 is 0 Å². The molecule has 1 fully saturated rings. The summed E-state index contributed by atoms with van der Waals surface area (Å²) in [6.45, 7) is 9.67. The van der Waals surface area contributed by atoms with Gasteiger partial charge in [0.2, 0.25) is 5.91 Å². The second kappa shape index (κ2) is 11.8. The maximum atomic E-state index is 12.4. The van der Waals surface area contributed by atoms with Crippen LogP contribution in [-0.4, -0.2) is 42.3 Å². The summed E-state index contributed by atoms with van der Waals surface area (Å²) in [5.41, 5.74) is 1.15. The summed E-state index contributed by atoms with van der Waals surface area (Å²) in [5, 5.41) is 3.20. The molecule has 1 N–H and O–H groups in total. The molecule has 4 heteroatoms. The average Bonchev–Trinajstić information content (AvgIpc) is 3.09. The van der Waals surface area contributed by atoms with E-state index in [1.807, 2.05) is 37.0 Å². The second-order valence-electron chi connectivity index (χ2n) is 6.25. The van der Waals surface area contributed by atoms with E-state index in [1.54, 1.807) is 6.08 Å². The molecule has 0 spiro atoms. The zero-order valence-corrected chi connectivity index (χ0v) is 15.2. The molecule has 1 rings (SSSR count). The largest absolute Gasteiger partial charge is 0.342 e. The van der Waals surface area contributed by atoms with Gasteiger partial charge in [-0.3, -0.25) is 14.9 Å². The van der Waals surface area contributed by atoms with Crippen LogP contribution in [-0.2, 0) is 9.59 Å². The number of carbonyl (C=O) groups is 2. The molecule has 24 heavy (non-hydrogen) atoms. The Morgan fingerprint density at radius 3 is 2.54 bits per heavy atom. The van der Waals surface area contributed by atoms with Gasteiger partial charge >= 0.3 is 0 Å². The lowest BCUT2D eigenvalue weighted by Crippen LogP contribution is -2.44. The number of Topliss-reactive ketones (excluding diaryl/α,β-unsaturated/α-hetero) is 1. The predicted octanol–water partition coefficient (Wildman–Crippen LogP) is 3.40. The number of likely N-dealkylation sites (tertiary alicyclic amines) is 1. The number of ketones is 1. The molecule has 1 aliphatic heterocycles. The van der Waals surface area contributed by atoms with Gasteiger partial charge in [-0.2, -0.15) is 0 Å². The second-order valence-corrected chi connectivity index (χ2v) is 6.25. The fraction of sp³-hybridized carbons (Fsp3) is 0.600. The fourth-order valence-electron chi connectivity index (χ4n) is 2.99. The van der Waals surface area contributed by atoms with Gasteiger partial charge in [0.05, 0.1) is 12.6 Å². The van der Waals surface area contributed by atoms with Crippen molar-refractivity contribution in [1.29, 1.82) is 0 Å². The SMILES string of the molecule is C=C/C=C(\C=C/C)CCC(NCC(=O)N1CCCC1)C(=O)CCC. The quantitative estimate of drug-likeness (QED) is 0.590. The van der Waals surface area contributed by atoms with Gasteiger partial charge in [-0.25, -0.2) is 0 Å². The van der Waals surface area contributed by atoms with Crippen LogP contribution in [0.4, 0.5) is 0 Å². The molecule has 1 saturated heterocycles. The van der Waals surface area contributed by atoms with Crippen LogP contribution in [0.1, 0.15) is 52.4 Å². The molecule has 1 unspecified atom stereocenters. The molecule has 134 valence electrons. The maximum absolute atomic E-state index is 12.4. The van der Waals surface area contributed by atoms with E-state index in [0.717, 1.165) is 44.3 Å². The van der Waals surface area contributed by atoms with Crippen molar-refractivity contribution in [3.63, 3.8) is 0 Å². The van der Waals surface area contributed by atoms with E-state index < -0.39 is 0 Å². The molecule has 0 aromatic heterocycles. The minimum Gasteiger partial charge on any atom is -0.342 e. The van der Waals surface area contributed by atoms with Gasteiger partial charge in [0.25, 0.3) is 0 Å². The Morgan fingerprint density at radius 2 is 1.96 bits per heavy atom. The van der Waals surface area contributed by atoms with Crippen molar-refractivity contribution in [3.05, 3.63) is 36.5 Å². The van der Waals surface area contributed by atoms with Gasteiger partial charge in [-0.15, -0.1) is 0 Å². The maximum Gasteiger partial charge on any atom is 0.236 e. The molecule has 0 aromatic carbocycles. The van der Waals surface area contributed by atoms with Crippen molar-refractivity contribution in [2.24, 2.45) is 0 Å². The molecule has 0 radical (unpaired) electrons. The number of nitrogens with one attached hydrogen (secondary N) is 1. The smallest absolute Gasteiger partial charge is 0.236 e. The summed E-state index contributed by atoms with van der Waals surface area (Å²) in [6.07, 6.45) is 12.8. The van der Waals surface area contributed by atoms with Crippen molar-refractivity contribution in [3.8, 4) is 0 Å². The third kappa shape index (κ3) is 7.26. The minimum absolute atomic E-state index is 0.108. The van der Waals surface area contributed by atoms with Crippen molar-refractivity contribution < 1.29 is 9.59 Å². The Labute approximate surface area is 146 Å². The molecule has 4 nitrogen and oxygen atoms in total. The third-order valence-corrected chi connectivity index (χ3v) is 4.28. The highest BCUT2D eigenvalue weighted by Gasteiger charge is 2.21. The van der Waals surface area contributed by atoms with Gasteiger partial charge in [-0.1, -0.05) is 37.8 Å². The first kappa shape index (κ1) is 20.4. The highest BCUT2D eigenvalue weighted by atomic mass is 16.2. The van der Waals surface area contributed by atoms with E-state index >= 15 is 0 Å². The summed E-state index contributed by atoms with van der Waals surface area (Å²) in [4.78, 5) is 26.4. The number of hydrogen-bond acceptors (Lipinski definition) is 3. The normalized spacial score (nSPS) is 16.6. The van der Waals surface area contributed by atoms with Gasteiger partial charge in [-0.05, 0) is 44.6 Å². The zero-order chi connectivity index (χ0) is 17.8.